The molecule has 0 fully saturated rings. The zero-order valence-electron chi connectivity index (χ0n) is 17.0. The lowest BCUT2D eigenvalue weighted by atomic mass is 9.81. The molecule has 0 saturated carbocycles. The first-order valence-electron chi connectivity index (χ1n) is 9.07. The van der Waals surface area contributed by atoms with E-state index in [0.717, 1.165) is 12.5 Å². The average molecular weight is 424 g/mol. The van der Waals surface area contributed by atoms with Gasteiger partial charge in [-0.05, 0) is 45.6 Å². The van der Waals surface area contributed by atoms with E-state index in [1.54, 1.807) is 32.9 Å². The molecule has 10 heteroatoms. The molecule has 2 radical (unpaired) electrons. The molecule has 0 aromatic carbocycles. The molecule has 1 N–H and O–H groups in total. The van der Waals surface area contributed by atoms with Gasteiger partial charge < -0.3 is 14.1 Å². The minimum absolute atomic E-state index is 0.00509. The highest BCUT2D eigenvalue weighted by Crippen LogP contribution is 2.30. The fraction of sp³-hybridized carbons (Fsp3) is 0.882. The second-order valence-electron chi connectivity index (χ2n) is 7.18. The highest BCUT2D eigenvalue weighted by atomic mass is 32.2. The van der Waals surface area contributed by atoms with Crippen molar-refractivity contribution in [2.75, 3.05) is 33.1 Å². The van der Waals surface area contributed by atoms with Crippen LogP contribution in [0.25, 0.3) is 0 Å². The van der Waals surface area contributed by atoms with Crippen molar-refractivity contribution in [3.63, 3.8) is 0 Å². The Bertz CT molecular complexity index is 566. The normalized spacial score (nSPS) is 13.3. The van der Waals surface area contributed by atoms with Crippen LogP contribution in [0.2, 0.25) is 6.04 Å². The summed E-state index contributed by atoms with van der Waals surface area (Å²) in [5, 5.41) is 0. The molecule has 0 aromatic heterocycles. The van der Waals surface area contributed by atoms with Gasteiger partial charge in [0.2, 0.25) is 15.7 Å². The van der Waals surface area contributed by atoms with Crippen molar-refractivity contribution in [2.24, 2.45) is 11.3 Å². The van der Waals surface area contributed by atoms with Gasteiger partial charge in [0, 0.05) is 26.6 Å². The van der Waals surface area contributed by atoms with Gasteiger partial charge in [-0.2, -0.15) is 8.42 Å². The SMILES string of the molecule is CCC(CC(C)(C)C(=O)OCCCS(=O)(=O)O)C(=O)N(C)CCC[Si]OC. The summed E-state index contributed by atoms with van der Waals surface area (Å²) < 4.78 is 40.2. The standard InChI is InChI=1S/C17H33NO7SSi/c1-6-14(15(19)18(4)9-7-12-27-24-5)13-17(2,3)16(20)25-10-8-11-26(21,22)23/h14H,6-13H2,1-5H3,(H,21,22,23). The maximum atomic E-state index is 12.7. The van der Waals surface area contributed by atoms with Crippen molar-refractivity contribution in [3.8, 4) is 0 Å². The van der Waals surface area contributed by atoms with E-state index in [-0.39, 0.29) is 24.9 Å². The van der Waals surface area contributed by atoms with Gasteiger partial charge in [0.25, 0.3) is 10.1 Å². The number of carbonyl (C=O) groups is 2. The molecule has 158 valence electrons. The van der Waals surface area contributed by atoms with Crippen LogP contribution in [-0.2, 0) is 28.9 Å². The minimum Gasteiger partial charge on any atom is -0.465 e. The van der Waals surface area contributed by atoms with Crippen LogP contribution in [0.1, 0.15) is 46.5 Å². The molecule has 0 bridgehead atoms. The molecule has 27 heavy (non-hydrogen) atoms. The van der Waals surface area contributed by atoms with E-state index in [4.69, 9.17) is 13.7 Å². The molecule has 8 nitrogen and oxygen atoms in total. The van der Waals surface area contributed by atoms with Gasteiger partial charge in [-0.25, -0.2) is 0 Å². The first-order chi connectivity index (χ1) is 12.4. The van der Waals surface area contributed by atoms with Crippen molar-refractivity contribution in [1.82, 2.24) is 4.90 Å². The minimum atomic E-state index is -4.06. The second-order valence-corrected chi connectivity index (χ2v) is 9.95. The van der Waals surface area contributed by atoms with Gasteiger partial charge >= 0.3 is 5.97 Å². The topological polar surface area (TPSA) is 110 Å². The van der Waals surface area contributed by atoms with Crippen LogP contribution >= 0.6 is 0 Å². The summed E-state index contributed by atoms with van der Waals surface area (Å²) in [6.45, 7) is 5.90. The lowest BCUT2D eigenvalue weighted by molar-refractivity contribution is -0.155. The Morgan fingerprint density at radius 2 is 1.89 bits per heavy atom. The Kier molecular flexibility index (Phi) is 12.0. The quantitative estimate of drug-likeness (QED) is 0.196. The summed E-state index contributed by atoms with van der Waals surface area (Å²) >= 11 is 0. The predicted octanol–water partition coefficient (Wildman–Crippen LogP) is 1.78. The molecule has 0 aliphatic heterocycles. The summed E-state index contributed by atoms with van der Waals surface area (Å²) in [5.41, 5.74) is -0.868. The Hall–Kier alpha value is -0.973. The maximum absolute atomic E-state index is 12.7. The molecule has 0 heterocycles. The van der Waals surface area contributed by atoms with E-state index < -0.39 is 27.3 Å². The van der Waals surface area contributed by atoms with E-state index >= 15 is 0 Å². The molecule has 0 aliphatic carbocycles. The van der Waals surface area contributed by atoms with Gasteiger partial charge in [-0.15, -0.1) is 0 Å². The van der Waals surface area contributed by atoms with Gasteiger partial charge in [0.1, 0.15) is 0 Å². The Morgan fingerprint density at radius 1 is 1.26 bits per heavy atom. The van der Waals surface area contributed by atoms with Crippen LogP contribution < -0.4 is 0 Å². The summed E-state index contributed by atoms with van der Waals surface area (Å²) in [6, 6.07) is 0.909. The lowest BCUT2D eigenvalue weighted by Crippen LogP contribution is -2.38. The van der Waals surface area contributed by atoms with Crippen LogP contribution in [-0.4, -0.2) is 72.6 Å². The van der Waals surface area contributed by atoms with E-state index in [2.05, 4.69) is 0 Å². The largest absolute Gasteiger partial charge is 0.465 e. The number of hydrogen-bond acceptors (Lipinski definition) is 6. The fourth-order valence-corrected chi connectivity index (χ4v) is 3.61. The molecule has 1 unspecified atom stereocenters. The number of ether oxygens (including phenoxy) is 1. The summed E-state index contributed by atoms with van der Waals surface area (Å²) in [4.78, 5) is 26.7. The van der Waals surface area contributed by atoms with Crippen LogP contribution in [0, 0.1) is 11.3 Å². The zero-order valence-corrected chi connectivity index (χ0v) is 18.8. The van der Waals surface area contributed by atoms with Crippen LogP contribution in [0.5, 0.6) is 0 Å². The number of esters is 1. The lowest BCUT2D eigenvalue weighted by Gasteiger charge is -2.29. The number of amides is 1. The molecule has 0 aromatic rings. The second kappa shape index (κ2) is 12.5. The Labute approximate surface area is 165 Å². The molecule has 1 amide bonds. The Balaban J connectivity index is 4.57. The molecular weight excluding hydrogens is 390 g/mol. The zero-order chi connectivity index (χ0) is 21.1. The van der Waals surface area contributed by atoms with Gasteiger partial charge in [-0.1, -0.05) is 6.92 Å². The summed E-state index contributed by atoms with van der Waals surface area (Å²) in [6.07, 6.45) is 1.86. The van der Waals surface area contributed by atoms with E-state index in [1.165, 1.54) is 0 Å². The number of hydrogen-bond donors (Lipinski definition) is 1. The van der Waals surface area contributed by atoms with Crippen molar-refractivity contribution in [3.05, 3.63) is 0 Å². The fourth-order valence-electron chi connectivity index (χ4n) is 2.62. The Morgan fingerprint density at radius 3 is 2.41 bits per heavy atom. The van der Waals surface area contributed by atoms with E-state index in [0.29, 0.717) is 29.1 Å². The van der Waals surface area contributed by atoms with Crippen molar-refractivity contribution < 1.29 is 31.7 Å². The van der Waals surface area contributed by atoms with Crippen molar-refractivity contribution >= 4 is 31.8 Å². The molecule has 0 spiro atoms. The first-order valence-corrected chi connectivity index (χ1v) is 11.8. The molecule has 0 aliphatic rings. The van der Waals surface area contributed by atoms with E-state index in [9.17, 15) is 18.0 Å². The number of carbonyl (C=O) groups excluding carboxylic acids is 2. The molecular formula is C17H33NO7SSi. The van der Waals surface area contributed by atoms with E-state index in [1.807, 2.05) is 6.92 Å². The molecule has 0 rings (SSSR count). The van der Waals surface area contributed by atoms with Crippen LogP contribution in [0.3, 0.4) is 0 Å². The first kappa shape index (κ1) is 26.0. The highest BCUT2D eigenvalue weighted by molar-refractivity contribution is 7.85. The van der Waals surface area contributed by atoms with Gasteiger partial charge in [-0.3, -0.25) is 14.1 Å². The third kappa shape index (κ3) is 11.5. The summed E-state index contributed by atoms with van der Waals surface area (Å²) in [7, 11) is -0.205. The number of rotatable bonds is 14. The molecule has 1 atom stereocenters. The summed E-state index contributed by atoms with van der Waals surface area (Å²) in [5.74, 6) is -1.22. The average Bonchev–Trinajstić information content (AvgIpc) is 2.58. The number of nitrogens with zero attached hydrogens (tertiary/aromatic N) is 1. The highest BCUT2D eigenvalue weighted by Gasteiger charge is 2.35. The smallest absolute Gasteiger partial charge is 0.311 e. The monoisotopic (exact) mass is 423 g/mol. The molecule has 0 saturated heterocycles. The van der Waals surface area contributed by atoms with Crippen LogP contribution in [0.15, 0.2) is 0 Å². The van der Waals surface area contributed by atoms with Crippen LogP contribution in [0.4, 0.5) is 0 Å². The van der Waals surface area contributed by atoms with Gasteiger partial charge in [0.05, 0.1) is 17.8 Å². The third-order valence-electron chi connectivity index (χ3n) is 4.22. The maximum Gasteiger partial charge on any atom is 0.311 e. The van der Waals surface area contributed by atoms with Crippen molar-refractivity contribution in [1.29, 1.82) is 0 Å². The van der Waals surface area contributed by atoms with Crippen molar-refractivity contribution in [2.45, 2.75) is 52.5 Å². The predicted molar refractivity (Wildman–Crippen MR) is 104 cm³/mol. The third-order valence-corrected chi connectivity index (χ3v) is 5.87. The van der Waals surface area contributed by atoms with Gasteiger partial charge in [0.15, 0.2) is 0 Å².